The van der Waals surface area contributed by atoms with Crippen molar-refractivity contribution in [2.45, 2.75) is 39.7 Å². The van der Waals surface area contributed by atoms with Gasteiger partial charge in [-0.05, 0) is 0 Å². The van der Waals surface area contributed by atoms with E-state index in [0.29, 0.717) is 6.42 Å². The molecule has 0 fully saturated rings. The Bertz CT molecular complexity index is 503. The van der Waals surface area contributed by atoms with Crippen LogP contribution in [0.3, 0.4) is 0 Å². The maximum atomic E-state index is 7.81. The summed E-state index contributed by atoms with van der Waals surface area (Å²) in [6, 6.07) is 12.8. The average Bonchev–Trinajstić information content (AvgIpc) is 2.76. The van der Waals surface area contributed by atoms with Crippen molar-refractivity contribution in [2.75, 3.05) is 6.61 Å². The first-order chi connectivity index (χ1) is 10.5. The van der Waals surface area contributed by atoms with Gasteiger partial charge in [0.15, 0.2) is 0 Å². The molecule has 0 heterocycles. The van der Waals surface area contributed by atoms with Crippen LogP contribution in [0.5, 0.6) is 0 Å². The first-order valence-corrected chi connectivity index (χ1v) is 12.7. The van der Waals surface area contributed by atoms with Crippen LogP contribution < -0.4 is 0 Å². The van der Waals surface area contributed by atoms with Crippen molar-refractivity contribution in [2.24, 2.45) is 0 Å². The molecule has 2 nitrogen and oxygen atoms in total. The van der Waals surface area contributed by atoms with Crippen molar-refractivity contribution in [3.63, 3.8) is 0 Å². The quantitative estimate of drug-likeness (QED) is 0.414. The van der Waals surface area contributed by atoms with E-state index in [-0.39, 0.29) is 19.6 Å². The van der Waals surface area contributed by atoms with Crippen LogP contribution in [0.15, 0.2) is 36.4 Å². The van der Waals surface area contributed by atoms with Crippen molar-refractivity contribution in [3.05, 3.63) is 62.0 Å². The van der Waals surface area contributed by atoms with Crippen LogP contribution in [0.1, 0.15) is 32.8 Å². The Hall–Kier alpha value is -0.0857. The molecule has 0 bridgehead atoms. The predicted octanol–water partition coefficient (Wildman–Crippen LogP) is 6.70. The normalized spacial score (nSPS) is 9.21. The Balaban J connectivity index is -0.000000272. The summed E-state index contributed by atoms with van der Waals surface area (Å²) in [7, 11) is 10.2. The predicted molar refractivity (Wildman–Crippen MR) is 111 cm³/mol. The number of fused-ring (bicyclic) bond motifs is 1. The second-order valence-electron chi connectivity index (χ2n) is 5.83. The van der Waals surface area contributed by atoms with E-state index in [0.717, 1.165) is 0 Å². The minimum absolute atomic E-state index is 0. The van der Waals surface area contributed by atoms with E-state index in [1.54, 1.807) is 0 Å². The van der Waals surface area contributed by atoms with Gasteiger partial charge >= 0.3 is 38.7 Å². The van der Waals surface area contributed by atoms with Gasteiger partial charge < -0.3 is 25.2 Å². The van der Waals surface area contributed by atoms with Gasteiger partial charge in [-0.1, -0.05) is 33.8 Å². The summed E-state index contributed by atoms with van der Waals surface area (Å²) in [5.41, 5.74) is 8.04. The number of rotatable bonds is 1. The molecule has 0 saturated heterocycles. The number of benzene rings is 1. The largest absolute Gasteiger partial charge is 0.358 e. The molecule has 2 N–H and O–H groups in total. The number of hydrogen-bond donors (Lipinski definition) is 1. The number of hydrogen-bond acceptors (Lipinski definition) is 1. The standard InChI is InChI=1S/C10H9.C4H10N.C3H7O.CH3.CH2.2ClH.Ti/c1-8-6-9-4-2-3-5-10(9)7-8;1-4(2,3)5;1-2-3-4;;;;;/h2-7H,1H3;5H,1-3H3;4H,1-3H2;1H3;1H2;2*1H;/q4*-1;;;;+2/p-2. The molecule has 0 atom stereocenters. The zero-order valence-electron chi connectivity index (χ0n) is 15.5. The van der Waals surface area contributed by atoms with E-state index in [2.05, 4.69) is 55.1 Å². The molecule has 140 valence electrons. The summed E-state index contributed by atoms with van der Waals surface area (Å²) >= 11 is -1.64. The zero-order valence-corrected chi connectivity index (χ0v) is 18.6. The molecule has 5 heteroatoms. The third kappa shape index (κ3) is 24.2. The number of aliphatic hydroxyl groups is 1. The molecular formula is C19H31Cl2NOTi-4. The molecule has 2 aromatic rings. The Kier molecular flexibility index (Phi) is 19.6. The Morgan fingerprint density at radius 1 is 1.29 bits per heavy atom. The third-order valence-electron chi connectivity index (χ3n) is 1.92. The van der Waals surface area contributed by atoms with Crippen molar-refractivity contribution in [3.8, 4) is 0 Å². The first-order valence-electron chi connectivity index (χ1n) is 7.28. The van der Waals surface area contributed by atoms with Crippen LogP contribution in [-0.4, -0.2) is 22.1 Å². The van der Waals surface area contributed by atoms with Gasteiger partial charge in [-0.15, -0.1) is 46.1 Å². The fraction of sp³-hybridized carbons (Fsp3) is 0.368. The van der Waals surface area contributed by atoms with Crippen LogP contribution in [-0.2, 0) is 15.3 Å². The van der Waals surface area contributed by atoms with Gasteiger partial charge in [-0.3, -0.25) is 0 Å². The molecular weight excluding hydrogens is 377 g/mol. The van der Waals surface area contributed by atoms with Gasteiger partial charge in [-0.25, -0.2) is 0 Å². The molecule has 0 unspecified atom stereocenters. The van der Waals surface area contributed by atoms with Gasteiger partial charge in [0, 0.05) is 6.61 Å². The molecule has 24 heavy (non-hydrogen) atoms. The molecule has 0 aromatic heterocycles. The zero-order chi connectivity index (χ0) is 18.5. The molecule has 0 spiro atoms. The monoisotopic (exact) mass is 407 g/mol. The second-order valence-corrected chi connectivity index (χ2v) is 11.4. The molecule has 2 aromatic carbocycles. The van der Waals surface area contributed by atoms with E-state index in [9.17, 15) is 0 Å². The van der Waals surface area contributed by atoms with E-state index in [4.69, 9.17) is 29.5 Å². The molecule has 0 aliphatic rings. The summed E-state index contributed by atoms with van der Waals surface area (Å²) in [6.45, 7) is 11.2. The molecule has 0 radical (unpaired) electrons. The van der Waals surface area contributed by atoms with Crippen molar-refractivity contribution in [1.82, 2.24) is 0 Å². The maximum Gasteiger partial charge on any atom is -0.358 e. The summed E-state index contributed by atoms with van der Waals surface area (Å²) in [5.74, 6) is 0. The van der Waals surface area contributed by atoms with E-state index < -0.39 is 15.3 Å². The summed E-state index contributed by atoms with van der Waals surface area (Å²) < 4.78 is 0. The topological polar surface area (TPSA) is 44.0 Å². The first kappa shape index (κ1) is 28.7. The number of aryl methyl sites for hydroxylation is 1. The van der Waals surface area contributed by atoms with Gasteiger partial charge in [-0.2, -0.15) is 12.5 Å². The van der Waals surface area contributed by atoms with E-state index in [1.807, 2.05) is 20.8 Å². The summed E-state index contributed by atoms with van der Waals surface area (Å²) in [5, 5.41) is 10.5. The minimum atomic E-state index is -1.64. The van der Waals surface area contributed by atoms with Gasteiger partial charge in [0.05, 0.1) is 0 Å². The fourth-order valence-electron chi connectivity index (χ4n) is 1.31. The Labute approximate surface area is 162 Å². The van der Waals surface area contributed by atoms with E-state index >= 15 is 0 Å². The molecule has 2 rings (SSSR count). The third-order valence-corrected chi connectivity index (χ3v) is 1.92. The van der Waals surface area contributed by atoms with Gasteiger partial charge in [0.25, 0.3) is 0 Å². The smallest absolute Gasteiger partial charge is 0.358 e. The summed E-state index contributed by atoms with van der Waals surface area (Å²) in [6.07, 6.45) is 0.625. The Morgan fingerprint density at radius 3 is 2.00 bits per heavy atom. The van der Waals surface area contributed by atoms with Crippen LogP contribution in [0, 0.1) is 21.3 Å². The second kappa shape index (κ2) is 16.4. The van der Waals surface area contributed by atoms with Gasteiger partial charge in [0.2, 0.25) is 0 Å². The number of aliphatic hydroxyl groups excluding tert-OH is 1. The van der Waals surface area contributed by atoms with Crippen molar-refractivity contribution >= 4 is 34.2 Å². The van der Waals surface area contributed by atoms with Crippen molar-refractivity contribution < 1.29 is 20.4 Å². The number of halogens is 2. The summed E-state index contributed by atoms with van der Waals surface area (Å²) in [4.78, 5) is 3.34. The van der Waals surface area contributed by atoms with Crippen LogP contribution in [0.2, 0.25) is 0 Å². The van der Waals surface area contributed by atoms with E-state index in [1.165, 1.54) is 16.3 Å². The van der Waals surface area contributed by atoms with Crippen LogP contribution in [0.25, 0.3) is 16.5 Å². The SMILES string of the molecule is CC(C)(C)[NH-].Cc1cc2ccccc2[cH-]1.[CH2-]CCO.[CH2]=[Ti]([Cl])[Cl].[CH3-]. The average molecular weight is 408 g/mol. The molecule has 0 aliphatic heterocycles. The maximum absolute atomic E-state index is 7.81. The Morgan fingerprint density at radius 2 is 1.67 bits per heavy atom. The molecule has 0 amide bonds. The molecule has 0 saturated carbocycles. The number of nitrogens with one attached hydrogen (secondary N) is 1. The molecule has 0 aliphatic carbocycles. The minimum Gasteiger partial charge on any atom is -0.358 e. The van der Waals surface area contributed by atoms with Crippen LogP contribution in [0.4, 0.5) is 0 Å². The fourth-order valence-corrected chi connectivity index (χ4v) is 1.31. The van der Waals surface area contributed by atoms with Crippen molar-refractivity contribution in [1.29, 1.82) is 0 Å². The van der Waals surface area contributed by atoms with Gasteiger partial charge in [0.1, 0.15) is 0 Å². The van der Waals surface area contributed by atoms with Crippen LogP contribution >= 0.6 is 18.6 Å².